The van der Waals surface area contributed by atoms with Gasteiger partial charge in [0.1, 0.15) is 6.54 Å². The van der Waals surface area contributed by atoms with Crippen molar-refractivity contribution in [2.24, 2.45) is 0 Å². The highest BCUT2D eigenvalue weighted by atomic mass is 16.5. The molecule has 0 bridgehead atoms. The molecule has 0 atom stereocenters. The first-order valence-electron chi connectivity index (χ1n) is 2.74. The van der Waals surface area contributed by atoms with Gasteiger partial charge in [-0.2, -0.15) is 10.2 Å². The SMILES string of the molecule is Cc1noc(CNC#N)n1. The molecule has 0 saturated carbocycles. The Labute approximate surface area is 57.7 Å². The van der Waals surface area contributed by atoms with Gasteiger partial charge in [-0.15, -0.1) is 0 Å². The second-order valence-electron chi connectivity index (χ2n) is 1.70. The molecule has 0 aliphatic heterocycles. The number of nitrogens with zero attached hydrogens (tertiary/aromatic N) is 3. The molecule has 0 aromatic carbocycles. The summed E-state index contributed by atoms with van der Waals surface area (Å²) < 4.78 is 4.69. The summed E-state index contributed by atoms with van der Waals surface area (Å²) in [6.07, 6.45) is 1.75. The number of nitriles is 1. The number of hydrogen-bond donors (Lipinski definition) is 1. The standard InChI is InChI=1S/C5H6N4O/c1-4-8-5(10-9-4)2-7-3-6/h7H,2H2,1H3. The predicted octanol–water partition coefficient (Wildman–Crippen LogP) is -0.0513. The van der Waals surface area contributed by atoms with Crippen LogP contribution in [0.4, 0.5) is 0 Å². The van der Waals surface area contributed by atoms with Crippen LogP contribution in [0.3, 0.4) is 0 Å². The van der Waals surface area contributed by atoms with Crippen LogP contribution in [0.5, 0.6) is 0 Å². The van der Waals surface area contributed by atoms with E-state index in [0.717, 1.165) is 0 Å². The topological polar surface area (TPSA) is 74.7 Å². The van der Waals surface area contributed by atoms with E-state index in [1.807, 2.05) is 0 Å². The molecule has 5 heteroatoms. The van der Waals surface area contributed by atoms with Crippen molar-refractivity contribution >= 4 is 0 Å². The average Bonchev–Trinajstić information content (AvgIpc) is 2.31. The van der Waals surface area contributed by atoms with Crippen LogP contribution in [0.1, 0.15) is 11.7 Å². The van der Waals surface area contributed by atoms with Gasteiger partial charge in [-0.05, 0) is 6.92 Å². The number of aryl methyl sites for hydroxylation is 1. The van der Waals surface area contributed by atoms with E-state index in [1.54, 1.807) is 13.1 Å². The molecule has 1 aromatic heterocycles. The zero-order valence-electron chi connectivity index (χ0n) is 5.46. The lowest BCUT2D eigenvalue weighted by molar-refractivity contribution is 0.371. The Balaban J connectivity index is 2.52. The molecule has 0 aliphatic carbocycles. The highest BCUT2D eigenvalue weighted by Gasteiger charge is 1.98. The van der Waals surface area contributed by atoms with E-state index in [2.05, 4.69) is 15.5 Å². The van der Waals surface area contributed by atoms with Crippen LogP contribution >= 0.6 is 0 Å². The van der Waals surface area contributed by atoms with Crippen LogP contribution in [0, 0.1) is 18.4 Å². The molecule has 10 heavy (non-hydrogen) atoms. The highest BCUT2D eigenvalue weighted by molar-refractivity contribution is 4.83. The molecule has 0 unspecified atom stereocenters. The lowest BCUT2D eigenvalue weighted by Crippen LogP contribution is -2.04. The third-order valence-corrected chi connectivity index (χ3v) is 0.888. The maximum atomic E-state index is 8.08. The molecule has 1 aromatic rings. The van der Waals surface area contributed by atoms with Gasteiger partial charge in [0.2, 0.25) is 5.89 Å². The largest absolute Gasteiger partial charge is 0.337 e. The normalized spacial score (nSPS) is 8.80. The van der Waals surface area contributed by atoms with E-state index in [-0.39, 0.29) is 0 Å². The predicted molar refractivity (Wildman–Crippen MR) is 31.5 cm³/mol. The van der Waals surface area contributed by atoms with Gasteiger partial charge < -0.3 is 9.84 Å². The number of rotatable bonds is 2. The monoisotopic (exact) mass is 138 g/mol. The highest BCUT2D eigenvalue weighted by Crippen LogP contribution is 1.93. The van der Waals surface area contributed by atoms with Crippen molar-refractivity contribution < 1.29 is 4.52 Å². The first-order valence-corrected chi connectivity index (χ1v) is 2.74. The third-order valence-electron chi connectivity index (χ3n) is 0.888. The van der Waals surface area contributed by atoms with Crippen molar-refractivity contribution in [1.82, 2.24) is 15.5 Å². The molecule has 1 rings (SSSR count). The van der Waals surface area contributed by atoms with Crippen molar-refractivity contribution in [3.05, 3.63) is 11.7 Å². The Bertz CT molecular complexity index is 248. The molecule has 0 spiro atoms. The second-order valence-corrected chi connectivity index (χ2v) is 1.70. The number of hydrogen-bond acceptors (Lipinski definition) is 5. The van der Waals surface area contributed by atoms with Crippen LogP contribution in [-0.2, 0) is 6.54 Å². The first-order chi connectivity index (χ1) is 4.83. The van der Waals surface area contributed by atoms with E-state index in [1.165, 1.54) is 0 Å². The Morgan fingerprint density at radius 2 is 2.60 bits per heavy atom. The van der Waals surface area contributed by atoms with E-state index in [9.17, 15) is 0 Å². The summed E-state index contributed by atoms with van der Waals surface area (Å²) in [6.45, 7) is 2.02. The molecule has 0 aliphatic rings. The quantitative estimate of drug-likeness (QED) is 0.458. The van der Waals surface area contributed by atoms with Crippen molar-refractivity contribution in [3.8, 4) is 6.19 Å². The van der Waals surface area contributed by atoms with Gasteiger partial charge in [0, 0.05) is 0 Å². The van der Waals surface area contributed by atoms with Crippen LogP contribution in [0.2, 0.25) is 0 Å². The Morgan fingerprint density at radius 1 is 1.80 bits per heavy atom. The minimum Gasteiger partial charge on any atom is -0.337 e. The lowest BCUT2D eigenvalue weighted by Gasteiger charge is -1.85. The van der Waals surface area contributed by atoms with Gasteiger partial charge >= 0.3 is 0 Å². The summed E-state index contributed by atoms with van der Waals surface area (Å²) in [5.41, 5.74) is 0. The van der Waals surface area contributed by atoms with Crippen LogP contribution in [0.25, 0.3) is 0 Å². The molecule has 0 radical (unpaired) electrons. The summed E-state index contributed by atoms with van der Waals surface area (Å²) in [4.78, 5) is 3.86. The molecule has 0 amide bonds. The van der Waals surface area contributed by atoms with Gasteiger partial charge in [0.25, 0.3) is 0 Å². The zero-order chi connectivity index (χ0) is 7.40. The molecule has 0 fully saturated rings. The lowest BCUT2D eigenvalue weighted by atomic mass is 10.6. The van der Waals surface area contributed by atoms with Crippen molar-refractivity contribution in [2.45, 2.75) is 13.5 Å². The smallest absolute Gasteiger partial charge is 0.246 e. The minimum atomic E-state index is 0.303. The molecular weight excluding hydrogens is 132 g/mol. The first kappa shape index (κ1) is 6.55. The maximum absolute atomic E-state index is 8.08. The van der Waals surface area contributed by atoms with Gasteiger partial charge in [0.15, 0.2) is 12.0 Å². The Kier molecular flexibility index (Phi) is 1.85. The van der Waals surface area contributed by atoms with Gasteiger partial charge in [-0.1, -0.05) is 5.16 Å². The summed E-state index contributed by atoms with van der Waals surface area (Å²) in [5.74, 6) is 1.01. The van der Waals surface area contributed by atoms with Crippen molar-refractivity contribution in [3.63, 3.8) is 0 Å². The van der Waals surface area contributed by atoms with Crippen molar-refractivity contribution in [2.75, 3.05) is 0 Å². The Hall–Kier alpha value is -1.57. The summed E-state index contributed by atoms with van der Waals surface area (Å²) >= 11 is 0. The molecule has 52 valence electrons. The average molecular weight is 138 g/mol. The van der Waals surface area contributed by atoms with Gasteiger partial charge in [-0.3, -0.25) is 0 Å². The van der Waals surface area contributed by atoms with E-state index in [0.29, 0.717) is 18.3 Å². The molecule has 1 N–H and O–H groups in total. The summed E-state index contributed by atoms with van der Waals surface area (Å²) in [7, 11) is 0. The van der Waals surface area contributed by atoms with E-state index in [4.69, 9.17) is 9.78 Å². The number of nitrogens with one attached hydrogen (secondary N) is 1. The summed E-state index contributed by atoms with van der Waals surface area (Å²) in [5, 5.41) is 14.0. The van der Waals surface area contributed by atoms with Crippen molar-refractivity contribution in [1.29, 1.82) is 5.26 Å². The van der Waals surface area contributed by atoms with E-state index >= 15 is 0 Å². The fourth-order valence-corrected chi connectivity index (χ4v) is 0.527. The maximum Gasteiger partial charge on any atom is 0.246 e. The van der Waals surface area contributed by atoms with Crippen LogP contribution < -0.4 is 5.32 Å². The molecule has 1 heterocycles. The van der Waals surface area contributed by atoms with Gasteiger partial charge in [0.05, 0.1) is 0 Å². The Morgan fingerprint density at radius 3 is 3.10 bits per heavy atom. The number of aromatic nitrogens is 2. The fraction of sp³-hybridized carbons (Fsp3) is 0.400. The molecular formula is C5H6N4O. The molecule has 0 saturated heterocycles. The van der Waals surface area contributed by atoms with Crippen LogP contribution in [0.15, 0.2) is 4.52 Å². The fourth-order valence-electron chi connectivity index (χ4n) is 0.527. The zero-order valence-corrected chi connectivity index (χ0v) is 5.46. The summed E-state index contributed by atoms with van der Waals surface area (Å²) in [6, 6.07) is 0. The van der Waals surface area contributed by atoms with Gasteiger partial charge in [-0.25, -0.2) is 0 Å². The van der Waals surface area contributed by atoms with Crippen LogP contribution in [-0.4, -0.2) is 10.1 Å². The second kappa shape index (κ2) is 2.82. The van der Waals surface area contributed by atoms with E-state index < -0.39 is 0 Å². The molecule has 5 nitrogen and oxygen atoms in total. The third kappa shape index (κ3) is 1.45. The minimum absolute atomic E-state index is 0.303.